The predicted octanol–water partition coefficient (Wildman–Crippen LogP) is 1.99. The van der Waals surface area contributed by atoms with Gasteiger partial charge in [0.15, 0.2) is 0 Å². The van der Waals surface area contributed by atoms with E-state index in [9.17, 15) is 9.90 Å². The molecule has 1 saturated heterocycles. The van der Waals surface area contributed by atoms with Crippen molar-refractivity contribution < 1.29 is 19.4 Å². The number of rotatable bonds is 6. The fourth-order valence-electron chi connectivity index (χ4n) is 2.53. The van der Waals surface area contributed by atoms with Crippen LogP contribution >= 0.6 is 11.6 Å². The first kappa shape index (κ1) is 18.0. The maximum atomic E-state index is 12.6. The Balaban J connectivity index is 2.12. The summed E-state index contributed by atoms with van der Waals surface area (Å²) in [5.41, 5.74) is 0.377. The average Bonchev–Trinajstić information content (AvgIpc) is 2.96. The number of methoxy groups -OCH3 is 1. The summed E-state index contributed by atoms with van der Waals surface area (Å²) in [5.74, 6) is 0.468. The number of halogens is 1. The molecule has 0 aromatic carbocycles. The number of aliphatic hydroxyl groups is 1. The molecular formula is C16H23ClN2O4. The van der Waals surface area contributed by atoms with Gasteiger partial charge in [0, 0.05) is 19.9 Å². The second-order valence-electron chi connectivity index (χ2n) is 6.10. The van der Waals surface area contributed by atoms with E-state index in [4.69, 9.17) is 21.1 Å². The second-order valence-corrected chi connectivity index (χ2v) is 6.51. The van der Waals surface area contributed by atoms with Gasteiger partial charge in [-0.25, -0.2) is 4.98 Å². The van der Waals surface area contributed by atoms with Crippen LogP contribution in [0.2, 0.25) is 5.02 Å². The summed E-state index contributed by atoms with van der Waals surface area (Å²) in [6, 6.07) is 1.31. The van der Waals surface area contributed by atoms with Crippen LogP contribution in [0.1, 0.15) is 30.6 Å². The van der Waals surface area contributed by atoms with Crippen molar-refractivity contribution in [1.29, 1.82) is 0 Å². The van der Waals surface area contributed by atoms with Crippen molar-refractivity contribution >= 4 is 17.5 Å². The molecule has 6 nitrogen and oxygen atoms in total. The van der Waals surface area contributed by atoms with Crippen molar-refractivity contribution in [3.63, 3.8) is 0 Å². The van der Waals surface area contributed by atoms with Crippen molar-refractivity contribution in [2.45, 2.75) is 32.4 Å². The number of carbonyl (C=O) groups excluding carboxylic acids is 1. The van der Waals surface area contributed by atoms with Crippen LogP contribution in [0.5, 0.6) is 5.88 Å². The Bertz CT molecular complexity index is 553. The lowest BCUT2D eigenvalue weighted by Crippen LogP contribution is -2.38. The maximum absolute atomic E-state index is 12.6. The number of amides is 1. The average molecular weight is 343 g/mol. The molecule has 0 saturated carbocycles. The zero-order chi connectivity index (χ0) is 17.0. The first-order chi connectivity index (χ1) is 11.0. The Morgan fingerprint density at radius 1 is 1.57 bits per heavy atom. The zero-order valence-electron chi connectivity index (χ0n) is 13.7. The molecule has 0 spiro atoms. The lowest BCUT2D eigenvalue weighted by Gasteiger charge is -2.22. The molecule has 2 rings (SSSR count). The minimum Gasteiger partial charge on any atom is -0.476 e. The summed E-state index contributed by atoms with van der Waals surface area (Å²) >= 11 is 6.16. The predicted molar refractivity (Wildman–Crippen MR) is 86.9 cm³/mol. The summed E-state index contributed by atoms with van der Waals surface area (Å²) in [6.45, 7) is 4.92. The van der Waals surface area contributed by atoms with Crippen LogP contribution in [0.3, 0.4) is 0 Å². The van der Waals surface area contributed by atoms with Crippen LogP contribution in [0.25, 0.3) is 0 Å². The van der Waals surface area contributed by atoms with Crippen LogP contribution in [-0.2, 0) is 4.74 Å². The first-order valence-electron chi connectivity index (χ1n) is 7.69. The molecule has 1 aliphatic heterocycles. The highest BCUT2D eigenvalue weighted by atomic mass is 35.5. The number of likely N-dealkylation sites (tertiary alicyclic amines) is 1. The van der Waals surface area contributed by atoms with Crippen molar-refractivity contribution in [1.82, 2.24) is 9.88 Å². The molecule has 128 valence electrons. The Morgan fingerprint density at radius 3 is 2.87 bits per heavy atom. The molecule has 2 atom stereocenters. The molecule has 1 aromatic rings. The fourth-order valence-corrected chi connectivity index (χ4v) is 2.75. The number of hydrogen-bond donors (Lipinski definition) is 1. The van der Waals surface area contributed by atoms with E-state index in [0.717, 1.165) is 0 Å². The van der Waals surface area contributed by atoms with Crippen molar-refractivity contribution in [2.75, 3.05) is 26.9 Å². The molecule has 0 unspecified atom stereocenters. The van der Waals surface area contributed by atoms with Gasteiger partial charge in [0.25, 0.3) is 5.91 Å². The molecule has 1 aromatic heterocycles. The van der Waals surface area contributed by atoms with Crippen LogP contribution in [0, 0.1) is 5.92 Å². The van der Waals surface area contributed by atoms with E-state index in [0.29, 0.717) is 42.0 Å². The topological polar surface area (TPSA) is 71.9 Å². The third-order valence-electron chi connectivity index (χ3n) is 3.79. The Labute approximate surface area is 141 Å². The smallest absolute Gasteiger partial charge is 0.255 e. The molecule has 0 radical (unpaired) electrons. The summed E-state index contributed by atoms with van der Waals surface area (Å²) in [5, 5.41) is 9.76. The molecule has 1 fully saturated rings. The van der Waals surface area contributed by atoms with E-state index in [1.165, 1.54) is 6.20 Å². The summed E-state index contributed by atoms with van der Waals surface area (Å²) in [7, 11) is 1.60. The van der Waals surface area contributed by atoms with E-state index >= 15 is 0 Å². The Morgan fingerprint density at radius 2 is 2.30 bits per heavy atom. The Kier molecular flexibility index (Phi) is 6.21. The van der Waals surface area contributed by atoms with Gasteiger partial charge in [0.2, 0.25) is 5.88 Å². The SMILES string of the molecule is CO[C@@H]1C[C@@H](CO)N(C(=O)c2cnc(OCC(C)C)c(Cl)c2)C1. The van der Waals surface area contributed by atoms with E-state index in [1.54, 1.807) is 18.1 Å². The van der Waals surface area contributed by atoms with Gasteiger partial charge < -0.3 is 19.5 Å². The summed E-state index contributed by atoms with van der Waals surface area (Å²) in [6.07, 6.45) is 2.02. The number of pyridine rings is 1. The van der Waals surface area contributed by atoms with Crippen LogP contribution in [0.15, 0.2) is 12.3 Å². The number of aliphatic hydroxyl groups excluding tert-OH is 1. The second kappa shape index (κ2) is 7.95. The van der Waals surface area contributed by atoms with E-state index in [-0.39, 0.29) is 24.7 Å². The highest BCUT2D eigenvalue weighted by molar-refractivity contribution is 6.32. The van der Waals surface area contributed by atoms with Crippen molar-refractivity contribution in [2.24, 2.45) is 5.92 Å². The number of carbonyl (C=O) groups is 1. The maximum Gasteiger partial charge on any atom is 0.255 e. The highest BCUT2D eigenvalue weighted by Gasteiger charge is 2.35. The van der Waals surface area contributed by atoms with Crippen LogP contribution < -0.4 is 4.74 Å². The van der Waals surface area contributed by atoms with Gasteiger partial charge in [-0.2, -0.15) is 0 Å². The summed E-state index contributed by atoms with van der Waals surface area (Å²) < 4.78 is 10.8. The van der Waals surface area contributed by atoms with Gasteiger partial charge >= 0.3 is 0 Å². The third kappa shape index (κ3) is 4.34. The van der Waals surface area contributed by atoms with Crippen molar-refractivity contribution in [3.05, 3.63) is 22.8 Å². The molecular weight excluding hydrogens is 320 g/mol. The molecule has 1 N–H and O–H groups in total. The van der Waals surface area contributed by atoms with Gasteiger partial charge in [-0.15, -0.1) is 0 Å². The van der Waals surface area contributed by atoms with Gasteiger partial charge in [-0.1, -0.05) is 25.4 Å². The normalized spacial score (nSPS) is 21.0. The molecule has 1 amide bonds. The monoisotopic (exact) mass is 342 g/mol. The highest BCUT2D eigenvalue weighted by Crippen LogP contribution is 2.26. The lowest BCUT2D eigenvalue weighted by molar-refractivity contribution is 0.0647. The quantitative estimate of drug-likeness (QED) is 0.856. The van der Waals surface area contributed by atoms with Crippen LogP contribution in [0.4, 0.5) is 0 Å². The van der Waals surface area contributed by atoms with Gasteiger partial charge in [-0.3, -0.25) is 4.79 Å². The standard InChI is InChI=1S/C16H23ClN2O4/c1-10(2)9-23-15-14(17)4-11(6-18-15)16(21)19-7-13(22-3)5-12(19)8-20/h4,6,10,12-13,20H,5,7-9H2,1-3H3/t12-,13+/m0/s1. The number of ether oxygens (including phenoxy) is 2. The fraction of sp³-hybridized carbons (Fsp3) is 0.625. The van der Waals surface area contributed by atoms with E-state index in [2.05, 4.69) is 4.98 Å². The molecule has 23 heavy (non-hydrogen) atoms. The minimum atomic E-state index is -0.247. The molecule has 0 aliphatic carbocycles. The molecule has 7 heteroatoms. The number of nitrogens with zero attached hydrogens (tertiary/aromatic N) is 2. The van der Waals surface area contributed by atoms with E-state index in [1.807, 2.05) is 13.8 Å². The number of hydrogen-bond acceptors (Lipinski definition) is 5. The van der Waals surface area contributed by atoms with Gasteiger partial charge in [-0.05, 0) is 18.4 Å². The molecule has 2 heterocycles. The third-order valence-corrected chi connectivity index (χ3v) is 4.06. The van der Waals surface area contributed by atoms with Gasteiger partial charge in [0.05, 0.1) is 30.9 Å². The zero-order valence-corrected chi connectivity index (χ0v) is 14.4. The summed E-state index contributed by atoms with van der Waals surface area (Å²) in [4.78, 5) is 18.4. The first-order valence-corrected chi connectivity index (χ1v) is 8.07. The van der Waals surface area contributed by atoms with E-state index < -0.39 is 0 Å². The van der Waals surface area contributed by atoms with Crippen molar-refractivity contribution in [3.8, 4) is 5.88 Å². The lowest BCUT2D eigenvalue weighted by atomic mass is 10.2. The largest absolute Gasteiger partial charge is 0.476 e. The minimum absolute atomic E-state index is 0.0619. The van der Waals surface area contributed by atoms with Gasteiger partial charge in [0.1, 0.15) is 5.02 Å². The van der Waals surface area contributed by atoms with Crippen LogP contribution in [-0.4, -0.2) is 59.9 Å². The molecule has 0 bridgehead atoms. The molecule has 1 aliphatic rings. The Hall–Kier alpha value is -1.37. The number of aromatic nitrogens is 1.